The lowest BCUT2D eigenvalue weighted by Gasteiger charge is -2.22. The third-order valence-corrected chi connectivity index (χ3v) is 2.24. The molecule has 8 nitrogen and oxygen atoms in total. The van der Waals surface area contributed by atoms with Crippen molar-refractivity contribution in [1.82, 2.24) is 15.1 Å². The lowest BCUT2D eigenvalue weighted by molar-refractivity contribution is -0.142. The molecule has 0 aliphatic heterocycles. The van der Waals surface area contributed by atoms with E-state index in [4.69, 9.17) is 9.84 Å². The maximum absolute atomic E-state index is 11.7. The molecule has 0 aromatic rings. The number of carbonyl (C=O) groups is 3. The second-order valence-corrected chi connectivity index (χ2v) is 3.98. The van der Waals surface area contributed by atoms with Crippen LogP contribution in [0.3, 0.4) is 0 Å². The summed E-state index contributed by atoms with van der Waals surface area (Å²) in [5.74, 6) is -1.22. The van der Waals surface area contributed by atoms with E-state index in [2.05, 4.69) is 5.32 Å². The Kier molecular flexibility index (Phi) is 8.27. The van der Waals surface area contributed by atoms with Crippen LogP contribution in [-0.2, 0) is 14.3 Å². The first-order valence-electron chi connectivity index (χ1n) is 5.91. The molecule has 110 valence electrons. The summed E-state index contributed by atoms with van der Waals surface area (Å²) in [6.07, 6.45) is 0. The Morgan fingerprint density at radius 2 is 1.89 bits per heavy atom. The Hall–Kier alpha value is -1.83. The maximum Gasteiger partial charge on any atom is 0.329 e. The molecule has 0 bridgehead atoms. The Morgan fingerprint density at radius 1 is 1.26 bits per heavy atom. The van der Waals surface area contributed by atoms with E-state index in [-0.39, 0.29) is 31.6 Å². The Labute approximate surface area is 112 Å². The number of amides is 3. The fourth-order valence-corrected chi connectivity index (χ4v) is 1.13. The van der Waals surface area contributed by atoms with Gasteiger partial charge in [-0.05, 0) is 6.92 Å². The van der Waals surface area contributed by atoms with Gasteiger partial charge in [-0.25, -0.2) is 9.59 Å². The van der Waals surface area contributed by atoms with E-state index < -0.39 is 12.6 Å². The number of aliphatic carboxylic acids is 1. The zero-order chi connectivity index (χ0) is 14.8. The van der Waals surface area contributed by atoms with Crippen LogP contribution in [0.25, 0.3) is 0 Å². The summed E-state index contributed by atoms with van der Waals surface area (Å²) in [5.41, 5.74) is 0. The van der Waals surface area contributed by atoms with Crippen molar-refractivity contribution in [3.8, 4) is 0 Å². The molecule has 0 aliphatic carbocycles. The molecule has 0 saturated heterocycles. The summed E-state index contributed by atoms with van der Waals surface area (Å²) in [6, 6.07) is -0.378. The van der Waals surface area contributed by atoms with Crippen LogP contribution in [0.5, 0.6) is 0 Å². The van der Waals surface area contributed by atoms with Crippen LogP contribution in [0, 0.1) is 0 Å². The molecule has 0 rings (SSSR count). The van der Waals surface area contributed by atoms with Gasteiger partial charge in [0.25, 0.3) is 0 Å². The van der Waals surface area contributed by atoms with Crippen LogP contribution in [0.2, 0.25) is 0 Å². The van der Waals surface area contributed by atoms with E-state index >= 15 is 0 Å². The molecule has 19 heavy (non-hydrogen) atoms. The van der Waals surface area contributed by atoms with Crippen LogP contribution in [0.4, 0.5) is 4.79 Å². The highest BCUT2D eigenvalue weighted by atomic mass is 16.5. The van der Waals surface area contributed by atoms with E-state index in [1.54, 1.807) is 21.0 Å². The standard InChI is InChI=1S/C11H21N3O5/c1-4-14(7-9(15)13(2)3)11(18)12-5-6-19-8-10(16)17/h4-8H2,1-3H3,(H,12,18)(H,16,17). The molecule has 8 heteroatoms. The van der Waals surface area contributed by atoms with Crippen LogP contribution < -0.4 is 5.32 Å². The van der Waals surface area contributed by atoms with Crippen molar-refractivity contribution in [3.05, 3.63) is 0 Å². The van der Waals surface area contributed by atoms with Gasteiger partial charge in [0.1, 0.15) is 13.2 Å². The van der Waals surface area contributed by atoms with Crippen LogP contribution >= 0.6 is 0 Å². The number of hydrogen-bond donors (Lipinski definition) is 2. The zero-order valence-corrected chi connectivity index (χ0v) is 11.5. The maximum atomic E-state index is 11.7. The minimum Gasteiger partial charge on any atom is -0.480 e. The molecule has 0 radical (unpaired) electrons. The molecule has 0 fully saturated rings. The first-order valence-corrected chi connectivity index (χ1v) is 5.91. The van der Waals surface area contributed by atoms with E-state index in [1.807, 2.05) is 0 Å². The molecule has 0 aliphatic rings. The molecule has 0 saturated carbocycles. The average molecular weight is 275 g/mol. The average Bonchev–Trinajstić information content (AvgIpc) is 2.34. The second kappa shape index (κ2) is 9.15. The SMILES string of the molecule is CCN(CC(=O)N(C)C)C(=O)NCCOCC(=O)O. The molecule has 2 N–H and O–H groups in total. The van der Waals surface area contributed by atoms with Gasteiger partial charge in [0.2, 0.25) is 5.91 Å². The minimum absolute atomic E-state index is 0.00527. The van der Waals surface area contributed by atoms with Gasteiger partial charge in [0.05, 0.1) is 6.61 Å². The summed E-state index contributed by atoms with van der Waals surface area (Å²) in [7, 11) is 3.24. The lowest BCUT2D eigenvalue weighted by Crippen LogP contribution is -2.45. The predicted molar refractivity (Wildman–Crippen MR) is 67.8 cm³/mol. The molecule has 0 unspecified atom stereocenters. The minimum atomic E-state index is -1.06. The number of ether oxygens (including phenoxy) is 1. The van der Waals surface area contributed by atoms with Crippen molar-refractivity contribution in [2.45, 2.75) is 6.92 Å². The number of likely N-dealkylation sites (N-methyl/N-ethyl adjacent to an activating group) is 2. The smallest absolute Gasteiger partial charge is 0.329 e. The van der Waals surface area contributed by atoms with Gasteiger partial charge in [0.15, 0.2) is 0 Å². The number of carbonyl (C=O) groups excluding carboxylic acids is 2. The number of carboxylic acids is 1. The molecule has 0 aromatic heterocycles. The van der Waals surface area contributed by atoms with Gasteiger partial charge >= 0.3 is 12.0 Å². The van der Waals surface area contributed by atoms with Gasteiger partial charge in [-0.2, -0.15) is 0 Å². The van der Waals surface area contributed by atoms with Crippen LogP contribution in [0.15, 0.2) is 0 Å². The van der Waals surface area contributed by atoms with Gasteiger partial charge in [-0.3, -0.25) is 4.79 Å². The monoisotopic (exact) mass is 275 g/mol. The van der Waals surface area contributed by atoms with Crippen molar-refractivity contribution in [3.63, 3.8) is 0 Å². The van der Waals surface area contributed by atoms with Gasteiger partial charge in [0, 0.05) is 27.2 Å². The third kappa shape index (κ3) is 7.98. The Morgan fingerprint density at radius 3 is 2.37 bits per heavy atom. The second-order valence-electron chi connectivity index (χ2n) is 3.98. The molecular weight excluding hydrogens is 254 g/mol. The number of nitrogens with zero attached hydrogens (tertiary/aromatic N) is 2. The molecular formula is C11H21N3O5. The van der Waals surface area contributed by atoms with Crippen LogP contribution in [-0.4, -0.2) is 79.8 Å². The highest BCUT2D eigenvalue weighted by molar-refractivity contribution is 5.83. The predicted octanol–water partition coefficient (Wildman–Crippen LogP) is -0.793. The van der Waals surface area contributed by atoms with Crippen molar-refractivity contribution >= 4 is 17.9 Å². The van der Waals surface area contributed by atoms with E-state index in [1.165, 1.54) is 9.80 Å². The van der Waals surface area contributed by atoms with E-state index in [0.717, 1.165) is 0 Å². The lowest BCUT2D eigenvalue weighted by atomic mass is 10.4. The molecule has 0 aromatic carbocycles. The first kappa shape index (κ1) is 17.2. The summed E-state index contributed by atoms with van der Waals surface area (Å²) < 4.78 is 4.77. The fraction of sp³-hybridized carbons (Fsp3) is 0.727. The number of nitrogens with one attached hydrogen (secondary N) is 1. The third-order valence-electron chi connectivity index (χ3n) is 2.24. The fourth-order valence-electron chi connectivity index (χ4n) is 1.13. The number of rotatable bonds is 8. The summed E-state index contributed by atoms with van der Waals surface area (Å²) in [5, 5.41) is 10.9. The molecule has 0 atom stereocenters. The van der Waals surface area contributed by atoms with Crippen molar-refractivity contribution in [1.29, 1.82) is 0 Å². The Bertz CT molecular complexity index is 319. The topological polar surface area (TPSA) is 99.2 Å². The van der Waals surface area contributed by atoms with Crippen LogP contribution in [0.1, 0.15) is 6.92 Å². The number of urea groups is 1. The van der Waals surface area contributed by atoms with Gasteiger partial charge in [-0.1, -0.05) is 0 Å². The van der Waals surface area contributed by atoms with Gasteiger partial charge in [-0.15, -0.1) is 0 Å². The summed E-state index contributed by atoms with van der Waals surface area (Å²) >= 11 is 0. The van der Waals surface area contributed by atoms with E-state index in [9.17, 15) is 14.4 Å². The quantitative estimate of drug-likeness (QED) is 0.565. The highest BCUT2D eigenvalue weighted by Gasteiger charge is 2.15. The summed E-state index contributed by atoms with van der Waals surface area (Å²) in [6.45, 7) is 2.08. The summed E-state index contributed by atoms with van der Waals surface area (Å²) in [4.78, 5) is 36.1. The van der Waals surface area contributed by atoms with Gasteiger partial charge < -0.3 is 25.0 Å². The van der Waals surface area contributed by atoms with Crippen molar-refractivity contribution < 1.29 is 24.2 Å². The Balaban J connectivity index is 3.95. The number of hydrogen-bond acceptors (Lipinski definition) is 4. The highest BCUT2D eigenvalue weighted by Crippen LogP contribution is 1.91. The van der Waals surface area contributed by atoms with Crippen molar-refractivity contribution in [2.24, 2.45) is 0 Å². The zero-order valence-electron chi connectivity index (χ0n) is 11.5. The molecule has 3 amide bonds. The molecule has 0 heterocycles. The number of carboxylic acid groups (broad SMARTS) is 1. The molecule has 0 spiro atoms. The van der Waals surface area contributed by atoms with E-state index in [0.29, 0.717) is 6.54 Å². The largest absolute Gasteiger partial charge is 0.480 e. The first-order chi connectivity index (χ1) is 8.88. The van der Waals surface area contributed by atoms with Crippen molar-refractivity contribution in [2.75, 3.05) is 46.9 Å². The normalized spacial score (nSPS) is 9.84.